The van der Waals surface area contributed by atoms with Crippen LogP contribution in [0.1, 0.15) is 32.6 Å². The van der Waals surface area contributed by atoms with E-state index < -0.39 is 0 Å². The molecule has 0 N–H and O–H groups in total. The van der Waals surface area contributed by atoms with Gasteiger partial charge in [0.05, 0.1) is 0 Å². The van der Waals surface area contributed by atoms with Gasteiger partial charge in [-0.2, -0.15) is 0 Å². The fourth-order valence-corrected chi connectivity index (χ4v) is 2.23. The van der Waals surface area contributed by atoms with Crippen LogP contribution >= 0.6 is 0 Å². The van der Waals surface area contributed by atoms with Gasteiger partial charge in [0.1, 0.15) is 18.3 Å². The van der Waals surface area contributed by atoms with E-state index in [0.717, 1.165) is 12.8 Å². The zero-order chi connectivity index (χ0) is 10.2. The van der Waals surface area contributed by atoms with Crippen LogP contribution < -0.4 is 0 Å². The molecule has 1 aliphatic heterocycles. The van der Waals surface area contributed by atoms with Gasteiger partial charge in [-0.25, -0.2) is 0 Å². The molecule has 0 aromatic carbocycles. The van der Waals surface area contributed by atoms with Crippen molar-refractivity contribution >= 4 is 5.97 Å². The number of carbonyl (C=O) groups is 1. The van der Waals surface area contributed by atoms with E-state index in [1.54, 1.807) is 0 Å². The quantitative estimate of drug-likeness (QED) is 0.384. The average molecular weight is 196 g/mol. The van der Waals surface area contributed by atoms with Crippen LogP contribution in [-0.2, 0) is 14.3 Å². The molecule has 0 unspecified atom stereocenters. The summed E-state index contributed by atoms with van der Waals surface area (Å²) in [6, 6.07) is 0. The maximum atomic E-state index is 10.6. The van der Waals surface area contributed by atoms with Crippen LogP contribution in [0.15, 0.2) is 12.2 Å². The second kappa shape index (κ2) is 3.39. The van der Waals surface area contributed by atoms with Crippen molar-refractivity contribution in [3.63, 3.8) is 0 Å². The van der Waals surface area contributed by atoms with E-state index in [1.165, 1.54) is 25.3 Å². The smallest absolute Gasteiger partial charge is 0.302 e. The highest BCUT2D eigenvalue weighted by Crippen LogP contribution is 2.50. The van der Waals surface area contributed by atoms with Gasteiger partial charge in [0, 0.05) is 6.92 Å². The zero-order valence-corrected chi connectivity index (χ0v) is 8.54. The lowest BCUT2D eigenvalue weighted by molar-refractivity contribution is -0.141. The normalized spacial score (nSPS) is 35.8. The van der Waals surface area contributed by atoms with Gasteiger partial charge in [0.25, 0.3) is 0 Å². The summed E-state index contributed by atoms with van der Waals surface area (Å²) in [7, 11) is 0. The lowest BCUT2D eigenvalue weighted by atomic mass is 9.83. The molecule has 2 fully saturated rings. The van der Waals surface area contributed by atoms with Gasteiger partial charge in [0.2, 0.25) is 0 Å². The first-order valence-electron chi connectivity index (χ1n) is 5.14. The Labute approximate surface area is 84.1 Å². The molecule has 0 radical (unpaired) electrons. The minimum absolute atomic E-state index is 0.0687. The standard InChI is InChI=1S/C11H16O3/c1-8-5-3-4-6-11(8)10(14-11)7-13-9(2)12/h10H,1,3-7H2,2H3/t10-,11+/m0/s1. The highest BCUT2D eigenvalue weighted by molar-refractivity contribution is 5.66. The van der Waals surface area contributed by atoms with Gasteiger partial charge in [0.15, 0.2) is 0 Å². The summed E-state index contributed by atoms with van der Waals surface area (Å²) in [5.41, 5.74) is 1.05. The number of ether oxygens (including phenoxy) is 2. The topological polar surface area (TPSA) is 38.8 Å². The molecule has 0 aromatic heterocycles. The van der Waals surface area contributed by atoms with Crippen LogP contribution in [0.2, 0.25) is 0 Å². The molecule has 1 heterocycles. The van der Waals surface area contributed by atoms with Crippen molar-refractivity contribution in [3.05, 3.63) is 12.2 Å². The number of hydrogen-bond donors (Lipinski definition) is 0. The molecule has 0 bridgehead atoms. The van der Waals surface area contributed by atoms with Crippen LogP contribution in [-0.4, -0.2) is 24.3 Å². The van der Waals surface area contributed by atoms with Crippen LogP contribution in [0.25, 0.3) is 0 Å². The predicted octanol–water partition coefficient (Wildman–Crippen LogP) is 1.82. The molecule has 14 heavy (non-hydrogen) atoms. The minimum atomic E-state index is -0.239. The first kappa shape index (κ1) is 9.71. The Balaban J connectivity index is 1.88. The molecule has 0 amide bonds. The van der Waals surface area contributed by atoms with Gasteiger partial charge in [-0.05, 0) is 31.3 Å². The Hall–Kier alpha value is -0.830. The summed E-state index contributed by atoms with van der Waals surface area (Å²) in [4.78, 5) is 10.6. The number of hydrogen-bond acceptors (Lipinski definition) is 3. The van der Waals surface area contributed by atoms with E-state index in [1.807, 2.05) is 0 Å². The fourth-order valence-electron chi connectivity index (χ4n) is 2.23. The molecule has 3 heteroatoms. The lowest BCUT2D eigenvalue weighted by Crippen LogP contribution is -2.24. The van der Waals surface area contributed by atoms with Crippen molar-refractivity contribution in [3.8, 4) is 0 Å². The SMILES string of the molecule is C=C1CCCC[C@@]12O[C@H]2COC(C)=O. The Morgan fingerprint density at radius 1 is 1.71 bits per heavy atom. The van der Waals surface area contributed by atoms with Gasteiger partial charge < -0.3 is 9.47 Å². The second-order valence-corrected chi connectivity index (χ2v) is 4.11. The van der Waals surface area contributed by atoms with Gasteiger partial charge in [-0.1, -0.05) is 6.58 Å². The van der Waals surface area contributed by atoms with E-state index in [-0.39, 0.29) is 17.7 Å². The van der Waals surface area contributed by atoms with Crippen LogP contribution in [0.5, 0.6) is 0 Å². The maximum Gasteiger partial charge on any atom is 0.302 e. The Bertz CT molecular complexity index is 272. The predicted molar refractivity (Wildman–Crippen MR) is 51.8 cm³/mol. The third-order valence-corrected chi connectivity index (χ3v) is 3.13. The zero-order valence-electron chi connectivity index (χ0n) is 8.54. The van der Waals surface area contributed by atoms with Crippen LogP contribution in [0.4, 0.5) is 0 Å². The van der Waals surface area contributed by atoms with Crippen LogP contribution in [0, 0.1) is 0 Å². The molecule has 1 spiro atoms. The van der Waals surface area contributed by atoms with Gasteiger partial charge in [-0.3, -0.25) is 4.79 Å². The maximum absolute atomic E-state index is 10.6. The second-order valence-electron chi connectivity index (χ2n) is 4.11. The van der Waals surface area contributed by atoms with Crippen molar-refractivity contribution in [2.75, 3.05) is 6.61 Å². The molecule has 2 atom stereocenters. The van der Waals surface area contributed by atoms with E-state index in [4.69, 9.17) is 9.47 Å². The summed E-state index contributed by atoms with van der Waals surface area (Å²) in [6.07, 6.45) is 4.56. The summed E-state index contributed by atoms with van der Waals surface area (Å²) in [5.74, 6) is -0.239. The monoisotopic (exact) mass is 196 g/mol. The largest absolute Gasteiger partial charge is 0.463 e. The summed E-state index contributed by atoms with van der Waals surface area (Å²) in [5, 5.41) is 0. The fraction of sp³-hybridized carbons (Fsp3) is 0.727. The molecule has 1 aliphatic carbocycles. The van der Waals surface area contributed by atoms with E-state index in [0.29, 0.717) is 6.61 Å². The Kier molecular flexibility index (Phi) is 2.35. The number of esters is 1. The van der Waals surface area contributed by atoms with Crippen LogP contribution in [0.3, 0.4) is 0 Å². The van der Waals surface area contributed by atoms with Crippen molar-refractivity contribution < 1.29 is 14.3 Å². The average Bonchev–Trinajstić information content (AvgIpc) is 2.83. The molecule has 1 saturated carbocycles. The summed E-state index contributed by atoms with van der Waals surface area (Å²) >= 11 is 0. The van der Waals surface area contributed by atoms with Crippen molar-refractivity contribution in [1.82, 2.24) is 0 Å². The van der Waals surface area contributed by atoms with E-state index in [9.17, 15) is 4.79 Å². The lowest BCUT2D eigenvalue weighted by Gasteiger charge is -2.21. The minimum Gasteiger partial charge on any atom is -0.463 e. The highest BCUT2D eigenvalue weighted by Gasteiger charge is 2.58. The van der Waals surface area contributed by atoms with Crippen molar-refractivity contribution in [1.29, 1.82) is 0 Å². The molecule has 1 saturated heterocycles. The Morgan fingerprint density at radius 3 is 3.14 bits per heavy atom. The first-order valence-corrected chi connectivity index (χ1v) is 5.14. The molecule has 3 nitrogen and oxygen atoms in total. The molecule has 2 aliphatic rings. The number of carbonyl (C=O) groups excluding carboxylic acids is 1. The molecule has 0 aromatic rings. The Morgan fingerprint density at radius 2 is 2.50 bits per heavy atom. The third kappa shape index (κ3) is 1.57. The third-order valence-electron chi connectivity index (χ3n) is 3.13. The van der Waals surface area contributed by atoms with E-state index >= 15 is 0 Å². The van der Waals surface area contributed by atoms with Crippen molar-refractivity contribution in [2.24, 2.45) is 0 Å². The highest BCUT2D eigenvalue weighted by atomic mass is 16.6. The van der Waals surface area contributed by atoms with Gasteiger partial charge >= 0.3 is 5.97 Å². The number of epoxide rings is 1. The molecule has 78 valence electrons. The summed E-state index contributed by atoms with van der Waals surface area (Å²) in [6.45, 7) is 5.85. The molecular formula is C11H16O3. The molecular weight excluding hydrogens is 180 g/mol. The molecule has 2 rings (SSSR count). The first-order chi connectivity index (χ1) is 6.65. The van der Waals surface area contributed by atoms with E-state index in [2.05, 4.69) is 6.58 Å². The number of rotatable bonds is 2. The van der Waals surface area contributed by atoms with Gasteiger partial charge in [-0.15, -0.1) is 0 Å². The van der Waals surface area contributed by atoms with Crippen molar-refractivity contribution in [2.45, 2.75) is 44.3 Å². The summed E-state index contributed by atoms with van der Waals surface area (Å²) < 4.78 is 10.6.